The first-order valence-corrected chi connectivity index (χ1v) is 6.65. The highest BCUT2D eigenvalue weighted by Gasteiger charge is 2.61. The normalized spacial score (nSPS) is 23.8. The lowest BCUT2D eigenvalue weighted by Gasteiger charge is -2.29. The molecule has 1 aromatic rings. The Balaban J connectivity index is 2.01. The molecule has 2 unspecified atom stereocenters. The summed E-state index contributed by atoms with van der Waals surface area (Å²) >= 11 is 0. The average Bonchev–Trinajstić information content (AvgIpc) is 2.96. The number of benzene rings is 1. The molecule has 1 amide bonds. The number of halogens is 3. The fraction of sp³-hybridized carbons (Fsp3) is 0.500. The predicted molar refractivity (Wildman–Crippen MR) is 70.4 cm³/mol. The Bertz CT molecular complexity index is 485. The molecular weight excluding hydrogens is 285 g/mol. The molecular formula is C14H17F3N2O2. The third-order valence-electron chi connectivity index (χ3n) is 3.77. The summed E-state index contributed by atoms with van der Waals surface area (Å²) < 4.78 is 39.5. The molecule has 1 aliphatic rings. The van der Waals surface area contributed by atoms with Gasteiger partial charge in [0.05, 0.1) is 6.10 Å². The molecule has 0 bridgehead atoms. The number of alkyl halides is 3. The molecule has 0 radical (unpaired) electrons. The first-order valence-electron chi connectivity index (χ1n) is 6.65. The van der Waals surface area contributed by atoms with Crippen LogP contribution in [0.2, 0.25) is 0 Å². The van der Waals surface area contributed by atoms with Gasteiger partial charge in [-0.15, -0.1) is 0 Å². The lowest BCUT2D eigenvalue weighted by molar-refractivity contribution is -0.216. The molecule has 116 valence electrons. The van der Waals surface area contributed by atoms with E-state index in [-0.39, 0.29) is 19.5 Å². The van der Waals surface area contributed by atoms with Crippen molar-refractivity contribution in [3.8, 4) is 0 Å². The Morgan fingerprint density at radius 2 is 2.05 bits per heavy atom. The summed E-state index contributed by atoms with van der Waals surface area (Å²) in [6.07, 6.45) is -5.93. The van der Waals surface area contributed by atoms with Gasteiger partial charge in [-0.2, -0.15) is 13.2 Å². The summed E-state index contributed by atoms with van der Waals surface area (Å²) in [5, 5.41) is 14.7. The van der Waals surface area contributed by atoms with Gasteiger partial charge in [-0.3, -0.25) is 4.79 Å². The van der Waals surface area contributed by atoms with E-state index in [1.807, 2.05) is 0 Å². The Labute approximate surface area is 120 Å². The third kappa shape index (κ3) is 3.19. The van der Waals surface area contributed by atoms with Crippen LogP contribution >= 0.6 is 0 Å². The number of hydrogen-bond acceptors (Lipinski definition) is 3. The number of carbonyl (C=O) groups excluding carboxylic acids is 1. The first-order chi connectivity index (χ1) is 9.87. The smallest absolute Gasteiger partial charge is 0.387 e. The molecule has 0 aromatic heterocycles. The zero-order valence-corrected chi connectivity index (χ0v) is 11.3. The van der Waals surface area contributed by atoms with Crippen LogP contribution in [0.1, 0.15) is 18.1 Å². The summed E-state index contributed by atoms with van der Waals surface area (Å²) in [5.74, 6) is -1.09. The topological polar surface area (TPSA) is 61.4 Å². The van der Waals surface area contributed by atoms with Crippen LogP contribution in [0.15, 0.2) is 30.3 Å². The van der Waals surface area contributed by atoms with Crippen molar-refractivity contribution in [1.29, 1.82) is 0 Å². The minimum Gasteiger partial charge on any atom is -0.387 e. The number of amides is 1. The van der Waals surface area contributed by atoms with E-state index in [2.05, 4.69) is 10.6 Å². The maximum atomic E-state index is 13.2. The highest BCUT2D eigenvalue weighted by atomic mass is 19.4. The van der Waals surface area contributed by atoms with Gasteiger partial charge in [-0.05, 0) is 18.5 Å². The van der Waals surface area contributed by atoms with Gasteiger partial charge in [0, 0.05) is 13.1 Å². The van der Waals surface area contributed by atoms with Gasteiger partial charge in [-0.25, -0.2) is 0 Å². The summed E-state index contributed by atoms with van der Waals surface area (Å²) in [4.78, 5) is 12.0. The molecule has 1 saturated heterocycles. The average molecular weight is 302 g/mol. The third-order valence-corrected chi connectivity index (χ3v) is 3.77. The molecule has 1 fully saturated rings. The summed E-state index contributed by atoms with van der Waals surface area (Å²) in [7, 11) is 0. The fourth-order valence-electron chi connectivity index (χ4n) is 2.41. The minimum atomic E-state index is -4.61. The second-order valence-corrected chi connectivity index (χ2v) is 5.14. The maximum absolute atomic E-state index is 13.2. The van der Waals surface area contributed by atoms with Crippen LogP contribution in [-0.2, 0) is 4.79 Å². The number of aliphatic hydroxyl groups is 1. The van der Waals surface area contributed by atoms with Gasteiger partial charge in [0.1, 0.15) is 0 Å². The summed E-state index contributed by atoms with van der Waals surface area (Å²) in [6.45, 7) is -0.529. The first kappa shape index (κ1) is 15.8. The maximum Gasteiger partial charge on any atom is 0.404 e. The van der Waals surface area contributed by atoms with E-state index < -0.39 is 30.1 Å². The van der Waals surface area contributed by atoms with Crippen molar-refractivity contribution in [2.24, 2.45) is 5.41 Å². The van der Waals surface area contributed by atoms with Crippen molar-refractivity contribution < 1.29 is 23.1 Å². The molecule has 0 saturated carbocycles. The van der Waals surface area contributed by atoms with Crippen molar-refractivity contribution in [2.45, 2.75) is 18.7 Å². The van der Waals surface area contributed by atoms with Crippen molar-refractivity contribution in [3.05, 3.63) is 35.9 Å². The van der Waals surface area contributed by atoms with Crippen LogP contribution in [-0.4, -0.2) is 36.8 Å². The molecule has 3 N–H and O–H groups in total. The van der Waals surface area contributed by atoms with E-state index in [9.17, 15) is 23.1 Å². The molecule has 1 aliphatic heterocycles. The molecule has 0 aliphatic carbocycles. The highest BCUT2D eigenvalue weighted by Crippen LogP contribution is 2.43. The molecule has 2 atom stereocenters. The number of carbonyl (C=O) groups is 1. The molecule has 21 heavy (non-hydrogen) atoms. The zero-order chi connectivity index (χ0) is 15.5. The van der Waals surface area contributed by atoms with Gasteiger partial charge in [0.2, 0.25) is 5.91 Å². The molecule has 1 heterocycles. The molecule has 0 spiro atoms. The fourth-order valence-corrected chi connectivity index (χ4v) is 2.41. The van der Waals surface area contributed by atoms with Gasteiger partial charge < -0.3 is 15.7 Å². The Morgan fingerprint density at radius 3 is 2.57 bits per heavy atom. The van der Waals surface area contributed by atoms with E-state index >= 15 is 0 Å². The van der Waals surface area contributed by atoms with Crippen LogP contribution < -0.4 is 10.6 Å². The van der Waals surface area contributed by atoms with Crippen molar-refractivity contribution in [3.63, 3.8) is 0 Å². The van der Waals surface area contributed by atoms with Crippen LogP contribution in [0.4, 0.5) is 13.2 Å². The molecule has 2 rings (SSSR count). The lowest BCUT2D eigenvalue weighted by Crippen LogP contribution is -2.52. The van der Waals surface area contributed by atoms with Crippen LogP contribution in [0.5, 0.6) is 0 Å². The second-order valence-electron chi connectivity index (χ2n) is 5.14. The summed E-state index contributed by atoms with van der Waals surface area (Å²) in [5.41, 5.74) is -1.85. The largest absolute Gasteiger partial charge is 0.404 e. The monoisotopic (exact) mass is 302 g/mol. The van der Waals surface area contributed by atoms with E-state index in [4.69, 9.17) is 0 Å². The van der Waals surface area contributed by atoms with Gasteiger partial charge in [0.25, 0.3) is 0 Å². The van der Waals surface area contributed by atoms with Crippen LogP contribution in [0.3, 0.4) is 0 Å². The lowest BCUT2D eigenvalue weighted by atomic mass is 9.85. The second kappa shape index (κ2) is 6.03. The number of nitrogens with one attached hydrogen (secondary N) is 2. The van der Waals surface area contributed by atoms with Crippen LogP contribution in [0.25, 0.3) is 0 Å². The highest BCUT2D eigenvalue weighted by molar-refractivity contribution is 5.84. The number of aliphatic hydroxyl groups excluding tert-OH is 1. The number of hydrogen-bond donors (Lipinski definition) is 3. The number of rotatable bonds is 4. The van der Waals surface area contributed by atoms with E-state index in [0.29, 0.717) is 5.56 Å². The van der Waals surface area contributed by atoms with Gasteiger partial charge in [-0.1, -0.05) is 30.3 Å². The molecule has 7 heteroatoms. The van der Waals surface area contributed by atoms with E-state index in [0.717, 1.165) is 0 Å². The Morgan fingerprint density at radius 1 is 1.38 bits per heavy atom. The SMILES string of the molecule is O=C(NCC(O)c1ccccc1)C1(C(F)(F)F)CCNC1. The van der Waals surface area contributed by atoms with Crippen molar-refractivity contribution in [2.75, 3.05) is 19.6 Å². The molecule has 4 nitrogen and oxygen atoms in total. The predicted octanol–water partition coefficient (Wildman–Crippen LogP) is 1.38. The Hall–Kier alpha value is -1.60. The van der Waals surface area contributed by atoms with Gasteiger partial charge >= 0.3 is 6.18 Å². The van der Waals surface area contributed by atoms with Gasteiger partial charge in [0.15, 0.2) is 5.41 Å². The van der Waals surface area contributed by atoms with Crippen molar-refractivity contribution in [1.82, 2.24) is 10.6 Å². The quantitative estimate of drug-likeness (QED) is 0.787. The zero-order valence-electron chi connectivity index (χ0n) is 11.3. The standard InChI is InChI=1S/C14H17F3N2O2/c15-14(16,17)13(6-7-18-9-13)12(21)19-8-11(20)10-4-2-1-3-5-10/h1-5,11,18,20H,6-9H2,(H,19,21). The van der Waals surface area contributed by atoms with E-state index in [1.165, 1.54) is 0 Å². The molecule has 1 aromatic carbocycles. The van der Waals surface area contributed by atoms with E-state index in [1.54, 1.807) is 30.3 Å². The summed E-state index contributed by atoms with van der Waals surface area (Å²) in [6, 6.07) is 8.47. The van der Waals surface area contributed by atoms with Crippen LogP contribution in [0, 0.1) is 5.41 Å². The Kier molecular flexibility index (Phi) is 4.53. The minimum absolute atomic E-state index is 0.147. The van der Waals surface area contributed by atoms with Crippen molar-refractivity contribution >= 4 is 5.91 Å².